The van der Waals surface area contributed by atoms with Gasteiger partial charge in [0.25, 0.3) is 0 Å². The molecule has 2 radical (unpaired) electrons. The molecule has 16 heavy (non-hydrogen) atoms. The summed E-state index contributed by atoms with van der Waals surface area (Å²) < 4.78 is 4.69. The molecule has 0 spiro atoms. The quantitative estimate of drug-likeness (QED) is 0.404. The Labute approximate surface area is 98.4 Å². The summed E-state index contributed by atoms with van der Waals surface area (Å²) in [5.41, 5.74) is 6.59. The molecule has 0 aromatic carbocycles. The molecule has 0 saturated carbocycles. The predicted octanol–water partition coefficient (Wildman–Crippen LogP) is -0.359. The van der Waals surface area contributed by atoms with Crippen LogP contribution in [0.4, 0.5) is 0 Å². The summed E-state index contributed by atoms with van der Waals surface area (Å²) in [6, 6.07) is 0. The monoisotopic (exact) mass is 225 g/mol. The van der Waals surface area contributed by atoms with Crippen LogP contribution >= 0.6 is 0 Å². The van der Waals surface area contributed by atoms with Crippen molar-refractivity contribution in [2.45, 2.75) is 6.42 Å². The Kier molecular flexibility index (Phi) is 11.0. The fourth-order valence-electron chi connectivity index (χ4n) is 1.03. The SMILES string of the molecule is C=C(COC)N=CN.O.[B]C1=CN(C)CC1. The van der Waals surface area contributed by atoms with E-state index >= 15 is 0 Å². The van der Waals surface area contributed by atoms with E-state index in [1.54, 1.807) is 7.11 Å². The standard InChI is InChI=1S/C5H8BN.C5H10N2O.H2O/c1-7-3-2-5(6)4-7;1-5(3-8-2)7-4-6;/h4H,2-3H2,1H3;4H,1,3H2,2H3,(H2,6,7);1H2. The normalized spacial score (nSPS) is 13.9. The summed E-state index contributed by atoms with van der Waals surface area (Å²) in [6.45, 7) is 5.06. The number of aliphatic imine (C=N–C) groups is 1. The van der Waals surface area contributed by atoms with Crippen molar-refractivity contribution >= 4 is 14.2 Å². The molecular formula is C10H20BN3O2. The summed E-state index contributed by atoms with van der Waals surface area (Å²) in [5.74, 6) is 0. The third kappa shape index (κ3) is 9.30. The second kappa shape index (κ2) is 10.3. The van der Waals surface area contributed by atoms with Crippen molar-refractivity contribution in [2.24, 2.45) is 10.7 Å². The summed E-state index contributed by atoms with van der Waals surface area (Å²) in [6.07, 6.45) is 4.21. The molecule has 0 aromatic rings. The Bertz CT molecular complexity index is 254. The van der Waals surface area contributed by atoms with Crippen molar-refractivity contribution in [1.82, 2.24) is 4.90 Å². The van der Waals surface area contributed by atoms with Gasteiger partial charge in [0.15, 0.2) is 0 Å². The van der Waals surface area contributed by atoms with Crippen LogP contribution in [0.25, 0.3) is 0 Å². The molecule has 0 amide bonds. The molecule has 0 atom stereocenters. The first-order valence-corrected chi connectivity index (χ1v) is 4.67. The molecule has 1 rings (SSSR count). The zero-order valence-corrected chi connectivity index (χ0v) is 9.94. The van der Waals surface area contributed by atoms with E-state index in [1.807, 2.05) is 13.2 Å². The highest BCUT2D eigenvalue weighted by Crippen LogP contribution is 2.06. The van der Waals surface area contributed by atoms with Gasteiger partial charge >= 0.3 is 0 Å². The van der Waals surface area contributed by atoms with E-state index in [0.29, 0.717) is 12.3 Å². The van der Waals surface area contributed by atoms with Crippen LogP contribution in [0.2, 0.25) is 0 Å². The molecule has 4 N–H and O–H groups in total. The molecule has 0 bridgehead atoms. The molecule has 0 aliphatic carbocycles. The van der Waals surface area contributed by atoms with Crippen LogP contribution in [0.3, 0.4) is 0 Å². The van der Waals surface area contributed by atoms with Crippen LogP contribution in [0.15, 0.2) is 28.9 Å². The van der Waals surface area contributed by atoms with E-state index in [4.69, 9.17) is 13.6 Å². The van der Waals surface area contributed by atoms with Crippen LogP contribution in [-0.4, -0.2) is 51.9 Å². The molecule has 1 aliphatic rings. The van der Waals surface area contributed by atoms with Gasteiger partial charge < -0.3 is 20.8 Å². The largest absolute Gasteiger partial charge is 0.412 e. The Morgan fingerprint density at radius 2 is 2.44 bits per heavy atom. The molecule has 0 unspecified atom stereocenters. The summed E-state index contributed by atoms with van der Waals surface area (Å²) in [5, 5.41) is 0. The minimum absolute atomic E-state index is 0. The van der Waals surface area contributed by atoms with E-state index in [-0.39, 0.29) is 5.48 Å². The van der Waals surface area contributed by atoms with Gasteiger partial charge in [0.05, 0.1) is 18.6 Å². The minimum Gasteiger partial charge on any atom is -0.412 e. The van der Waals surface area contributed by atoms with Crippen molar-refractivity contribution in [1.29, 1.82) is 0 Å². The van der Waals surface area contributed by atoms with E-state index in [2.05, 4.69) is 21.2 Å². The van der Waals surface area contributed by atoms with Crippen LogP contribution in [0.1, 0.15) is 6.42 Å². The lowest BCUT2D eigenvalue weighted by atomic mass is 9.96. The zero-order valence-electron chi connectivity index (χ0n) is 9.94. The van der Waals surface area contributed by atoms with Gasteiger partial charge in [-0.1, -0.05) is 6.58 Å². The van der Waals surface area contributed by atoms with E-state index in [0.717, 1.165) is 18.4 Å². The number of methoxy groups -OCH3 is 1. The molecular weight excluding hydrogens is 205 g/mol. The highest BCUT2D eigenvalue weighted by Gasteiger charge is 2.00. The highest BCUT2D eigenvalue weighted by molar-refractivity contribution is 6.21. The maximum absolute atomic E-state index is 5.44. The number of ether oxygens (including phenoxy) is 1. The molecule has 0 saturated heterocycles. The predicted molar refractivity (Wildman–Crippen MR) is 68.4 cm³/mol. The van der Waals surface area contributed by atoms with Crippen molar-refractivity contribution in [3.63, 3.8) is 0 Å². The maximum Gasteiger partial charge on any atom is 0.109 e. The van der Waals surface area contributed by atoms with Crippen molar-refractivity contribution in [3.8, 4) is 0 Å². The van der Waals surface area contributed by atoms with Gasteiger partial charge in [-0.2, -0.15) is 0 Å². The molecule has 1 aliphatic heterocycles. The van der Waals surface area contributed by atoms with Crippen LogP contribution in [-0.2, 0) is 4.74 Å². The third-order valence-corrected chi connectivity index (χ3v) is 1.71. The first-order chi connectivity index (χ1) is 7.10. The van der Waals surface area contributed by atoms with Gasteiger partial charge in [-0.25, -0.2) is 4.99 Å². The first-order valence-electron chi connectivity index (χ1n) is 4.67. The van der Waals surface area contributed by atoms with E-state index < -0.39 is 0 Å². The molecule has 5 nitrogen and oxygen atoms in total. The summed E-state index contributed by atoms with van der Waals surface area (Å²) in [4.78, 5) is 5.74. The fourth-order valence-corrected chi connectivity index (χ4v) is 1.03. The van der Waals surface area contributed by atoms with Crippen molar-refractivity contribution in [3.05, 3.63) is 23.9 Å². The average molecular weight is 225 g/mol. The lowest BCUT2D eigenvalue weighted by Gasteiger charge is -2.02. The fraction of sp³-hybridized carbons (Fsp3) is 0.500. The maximum atomic E-state index is 5.44. The second-order valence-corrected chi connectivity index (χ2v) is 3.21. The van der Waals surface area contributed by atoms with Gasteiger partial charge in [0, 0.05) is 20.7 Å². The first kappa shape index (κ1) is 17.1. The lowest BCUT2D eigenvalue weighted by Crippen LogP contribution is -2.04. The van der Waals surface area contributed by atoms with Crippen LogP contribution in [0, 0.1) is 0 Å². The number of hydrogen-bond donors (Lipinski definition) is 1. The smallest absolute Gasteiger partial charge is 0.109 e. The average Bonchev–Trinajstić information content (AvgIpc) is 2.52. The Morgan fingerprint density at radius 3 is 2.69 bits per heavy atom. The van der Waals surface area contributed by atoms with E-state index in [1.165, 1.54) is 6.34 Å². The molecule has 0 fully saturated rings. The summed E-state index contributed by atoms with van der Waals surface area (Å²) >= 11 is 0. The molecule has 0 aromatic heterocycles. The van der Waals surface area contributed by atoms with Crippen molar-refractivity contribution < 1.29 is 10.2 Å². The molecule has 6 heteroatoms. The zero-order chi connectivity index (χ0) is 11.7. The number of rotatable bonds is 3. The van der Waals surface area contributed by atoms with Gasteiger partial charge in [0.1, 0.15) is 7.85 Å². The summed E-state index contributed by atoms with van der Waals surface area (Å²) in [7, 11) is 9.05. The van der Waals surface area contributed by atoms with Crippen LogP contribution in [0.5, 0.6) is 0 Å². The van der Waals surface area contributed by atoms with Crippen molar-refractivity contribution in [2.75, 3.05) is 27.3 Å². The lowest BCUT2D eigenvalue weighted by molar-refractivity contribution is 0.225. The van der Waals surface area contributed by atoms with Gasteiger partial charge in [-0.3, -0.25) is 0 Å². The number of hydrogen-bond acceptors (Lipinski definition) is 3. The van der Waals surface area contributed by atoms with Crippen LogP contribution < -0.4 is 5.73 Å². The third-order valence-electron chi connectivity index (χ3n) is 1.71. The number of nitrogens with zero attached hydrogens (tertiary/aromatic N) is 2. The second-order valence-electron chi connectivity index (χ2n) is 3.21. The molecule has 1 heterocycles. The Balaban J connectivity index is 0. The minimum atomic E-state index is 0. The Hall–Kier alpha value is -1.27. The molecule has 90 valence electrons. The topological polar surface area (TPSA) is 82.3 Å². The number of nitrogens with two attached hydrogens (primary N) is 1. The van der Waals surface area contributed by atoms with E-state index in [9.17, 15) is 0 Å². The van der Waals surface area contributed by atoms with Gasteiger partial charge in [0.2, 0.25) is 0 Å². The Morgan fingerprint density at radius 1 is 1.81 bits per heavy atom. The van der Waals surface area contributed by atoms with Gasteiger partial charge in [-0.05, 0) is 12.6 Å². The highest BCUT2D eigenvalue weighted by atomic mass is 16.5. The van der Waals surface area contributed by atoms with Gasteiger partial charge in [-0.15, -0.1) is 5.47 Å².